The van der Waals surface area contributed by atoms with E-state index in [-0.39, 0.29) is 12.1 Å². The van der Waals surface area contributed by atoms with Gasteiger partial charge < -0.3 is 9.64 Å². The Balaban J connectivity index is 1.48. The van der Waals surface area contributed by atoms with Crippen LogP contribution in [0.25, 0.3) is 0 Å². The molecule has 0 bridgehead atoms. The SMILES string of the molecule is O=C(C1CCCCN1Cc1ccncc1)N1CCOC2CCCCC21. The van der Waals surface area contributed by atoms with Crippen molar-refractivity contribution in [2.45, 2.75) is 69.7 Å². The van der Waals surface area contributed by atoms with Gasteiger partial charge in [0, 0.05) is 25.5 Å². The molecule has 2 aliphatic heterocycles. The fourth-order valence-electron chi connectivity index (χ4n) is 4.74. The molecule has 3 heterocycles. The molecular formula is C20H29N3O2. The highest BCUT2D eigenvalue weighted by Crippen LogP contribution is 2.30. The number of morpholine rings is 1. The number of pyridine rings is 1. The van der Waals surface area contributed by atoms with Gasteiger partial charge in [0.05, 0.1) is 24.8 Å². The Morgan fingerprint density at radius 1 is 1.08 bits per heavy atom. The highest BCUT2D eigenvalue weighted by Gasteiger charge is 2.40. The molecule has 0 radical (unpaired) electrons. The molecule has 2 saturated heterocycles. The number of rotatable bonds is 3. The molecule has 3 aliphatic rings. The van der Waals surface area contributed by atoms with E-state index in [1.165, 1.54) is 24.8 Å². The lowest BCUT2D eigenvalue weighted by molar-refractivity contribution is -0.156. The molecule has 0 aromatic carbocycles. The van der Waals surface area contributed by atoms with Gasteiger partial charge >= 0.3 is 0 Å². The number of aromatic nitrogens is 1. The molecule has 136 valence electrons. The molecule has 3 unspecified atom stereocenters. The van der Waals surface area contributed by atoms with Crippen LogP contribution in [-0.4, -0.2) is 58.6 Å². The maximum absolute atomic E-state index is 13.4. The predicted molar refractivity (Wildman–Crippen MR) is 96.0 cm³/mol. The quantitative estimate of drug-likeness (QED) is 0.846. The Morgan fingerprint density at radius 3 is 2.76 bits per heavy atom. The van der Waals surface area contributed by atoms with Crippen LogP contribution in [0.2, 0.25) is 0 Å². The third-order valence-corrected chi connectivity index (χ3v) is 6.05. The van der Waals surface area contributed by atoms with Crippen LogP contribution >= 0.6 is 0 Å². The Kier molecular flexibility index (Phi) is 5.32. The summed E-state index contributed by atoms with van der Waals surface area (Å²) in [6.45, 7) is 3.32. The van der Waals surface area contributed by atoms with Gasteiger partial charge in [0.25, 0.3) is 0 Å². The number of likely N-dealkylation sites (tertiary alicyclic amines) is 1. The summed E-state index contributed by atoms with van der Waals surface area (Å²) in [5, 5.41) is 0. The van der Waals surface area contributed by atoms with E-state index in [1.807, 2.05) is 12.4 Å². The van der Waals surface area contributed by atoms with Crippen LogP contribution in [0.4, 0.5) is 0 Å². The zero-order chi connectivity index (χ0) is 17.1. The van der Waals surface area contributed by atoms with Gasteiger partial charge in [0.1, 0.15) is 0 Å². The average Bonchev–Trinajstić information content (AvgIpc) is 2.68. The summed E-state index contributed by atoms with van der Waals surface area (Å²) >= 11 is 0. The van der Waals surface area contributed by atoms with Gasteiger partial charge in [-0.3, -0.25) is 14.7 Å². The fourth-order valence-corrected chi connectivity index (χ4v) is 4.74. The first kappa shape index (κ1) is 17.0. The number of hydrogen-bond acceptors (Lipinski definition) is 4. The molecule has 1 aromatic rings. The lowest BCUT2D eigenvalue weighted by Crippen LogP contribution is -2.60. The van der Waals surface area contributed by atoms with Gasteiger partial charge in [-0.1, -0.05) is 19.3 Å². The van der Waals surface area contributed by atoms with Crippen LogP contribution in [0.5, 0.6) is 0 Å². The van der Waals surface area contributed by atoms with E-state index in [2.05, 4.69) is 26.9 Å². The Labute approximate surface area is 150 Å². The largest absolute Gasteiger partial charge is 0.374 e. The molecule has 5 heteroatoms. The molecule has 4 rings (SSSR count). The molecule has 0 spiro atoms. The number of carbonyl (C=O) groups excluding carboxylic acids is 1. The topological polar surface area (TPSA) is 45.7 Å². The van der Waals surface area contributed by atoms with Gasteiger partial charge in [0.15, 0.2) is 0 Å². The van der Waals surface area contributed by atoms with Gasteiger partial charge in [-0.2, -0.15) is 0 Å². The van der Waals surface area contributed by atoms with Crippen LogP contribution in [-0.2, 0) is 16.1 Å². The van der Waals surface area contributed by atoms with Crippen LogP contribution in [0.15, 0.2) is 24.5 Å². The maximum atomic E-state index is 13.4. The van der Waals surface area contributed by atoms with E-state index < -0.39 is 0 Å². The monoisotopic (exact) mass is 343 g/mol. The Hall–Kier alpha value is -1.46. The highest BCUT2D eigenvalue weighted by molar-refractivity contribution is 5.82. The highest BCUT2D eigenvalue weighted by atomic mass is 16.5. The van der Waals surface area contributed by atoms with Crippen molar-refractivity contribution in [1.82, 2.24) is 14.8 Å². The van der Waals surface area contributed by atoms with Gasteiger partial charge in [0.2, 0.25) is 5.91 Å². The molecule has 5 nitrogen and oxygen atoms in total. The fraction of sp³-hybridized carbons (Fsp3) is 0.700. The van der Waals surface area contributed by atoms with E-state index in [0.29, 0.717) is 18.6 Å². The summed E-state index contributed by atoms with van der Waals surface area (Å²) in [6, 6.07) is 4.45. The van der Waals surface area contributed by atoms with Crippen molar-refractivity contribution in [3.05, 3.63) is 30.1 Å². The molecule has 0 N–H and O–H groups in total. The second kappa shape index (κ2) is 7.83. The van der Waals surface area contributed by atoms with Gasteiger partial charge in [-0.15, -0.1) is 0 Å². The summed E-state index contributed by atoms with van der Waals surface area (Å²) in [4.78, 5) is 22.1. The molecule has 1 aromatic heterocycles. The smallest absolute Gasteiger partial charge is 0.240 e. The number of nitrogens with zero attached hydrogens (tertiary/aromatic N) is 3. The zero-order valence-corrected chi connectivity index (χ0v) is 15.0. The van der Waals surface area contributed by atoms with Crippen molar-refractivity contribution in [2.24, 2.45) is 0 Å². The van der Waals surface area contributed by atoms with Crippen molar-refractivity contribution in [3.8, 4) is 0 Å². The van der Waals surface area contributed by atoms with E-state index in [4.69, 9.17) is 4.74 Å². The van der Waals surface area contributed by atoms with Gasteiger partial charge in [-0.25, -0.2) is 0 Å². The molecule has 3 fully saturated rings. The Bertz CT molecular complexity index is 578. The predicted octanol–water partition coefficient (Wildman–Crippen LogP) is 2.61. The van der Waals surface area contributed by atoms with Crippen molar-refractivity contribution in [1.29, 1.82) is 0 Å². The number of amides is 1. The second-order valence-corrected chi connectivity index (χ2v) is 7.63. The van der Waals surface area contributed by atoms with E-state index >= 15 is 0 Å². The zero-order valence-electron chi connectivity index (χ0n) is 15.0. The summed E-state index contributed by atoms with van der Waals surface area (Å²) in [5.41, 5.74) is 1.24. The summed E-state index contributed by atoms with van der Waals surface area (Å²) in [6.07, 6.45) is 11.9. The summed E-state index contributed by atoms with van der Waals surface area (Å²) in [5.74, 6) is 0.342. The lowest BCUT2D eigenvalue weighted by atomic mass is 9.89. The first-order valence-electron chi connectivity index (χ1n) is 9.88. The van der Waals surface area contributed by atoms with E-state index in [1.54, 1.807) is 0 Å². The van der Waals surface area contributed by atoms with Crippen molar-refractivity contribution < 1.29 is 9.53 Å². The van der Waals surface area contributed by atoms with Crippen molar-refractivity contribution in [2.75, 3.05) is 19.7 Å². The number of ether oxygens (including phenoxy) is 1. The minimum Gasteiger partial charge on any atom is -0.374 e. The standard InChI is InChI=1S/C20H29N3O2/c24-20(23-13-14-25-19-7-2-1-5-17(19)23)18-6-3-4-12-22(18)15-16-8-10-21-11-9-16/h8-11,17-19H,1-7,12-15H2. The summed E-state index contributed by atoms with van der Waals surface area (Å²) < 4.78 is 5.96. The van der Waals surface area contributed by atoms with E-state index in [0.717, 1.165) is 45.3 Å². The molecule has 1 aliphatic carbocycles. The third-order valence-electron chi connectivity index (χ3n) is 6.05. The van der Waals surface area contributed by atoms with Crippen LogP contribution in [0, 0.1) is 0 Å². The van der Waals surface area contributed by atoms with E-state index in [9.17, 15) is 4.79 Å². The molecule has 1 saturated carbocycles. The molecule has 3 atom stereocenters. The first-order chi connectivity index (χ1) is 12.3. The minimum absolute atomic E-state index is 0.0302. The number of hydrogen-bond donors (Lipinski definition) is 0. The van der Waals surface area contributed by atoms with Crippen LogP contribution in [0.1, 0.15) is 50.5 Å². The third kappa shape index (κ3) is 3.72. The number of fused-ring (bicyclic) bond motifs is 1. The molecule has 1 amide bonds. The summed E-state index contributed by atoms with van der Waals surface area (Å²) in [7, 11) is 0. The van der Waals surface area contributed by atoms with Crippen LogP contribution in [0.3, 0.4) is 0 Å². The number of carbonyl (C=O) groups is 1. The lowest BCUT2D eigenvalue weighted by Gasteiger charge is -2.46. The molecule has 25 heavy (non-hydrogen) atoms. The normalized spacial score (nSPS) is 30.7. The Morgan fingerprint density at radius 2 is 1.88 bits per heavy atom. The van der Waals surface area contributed by atoms with Crippen molar-refractivity contribution in [3.63, 3.8) is 0 Å². The van der Waals surface area contributed by atoms with Crippen LogP contribution < -0.4 is 0 Å². The van der Waals surface area contributed by atoms with Crippen molar-refractivity contribution >= 4 is 5.91 Å². The first-order valence-corrected chi connectivity index (χ1v) is 9.88. The maximum Gasteiger partial charge on any atom is 0.240 e. The molecular weight excluding hydrogens is 314 g/mol. The second-order valence-electron chi connectivity index (χ2n) is 7.63. The number of piperidine rings is 1. The average molecular weight is 343 g/mol. The minimum atomic E-state index is 0.0302. The van der Waals surface area contributed by atoms with Gasteiger partial charge in [-0.05, 0) is 49.9 Å².